The Morgan fingerprint density at radius 1 is 1.16 bits per heavy atom. The second kappa shape index (κ2) is 6.60. The number of pyridine rings is 1. The van der Waals surface area contributed by atoms with Crippen molar-refractivity contribution >= 4 is 22.7 Å². The first-order valence-corrected chi connectivity index (χ1v) is 8.83. The van der Waals surface area contributed by atoms with Gasteiger partial charge in [-0.05, 0) is 29.5 Å². The van der Waals surface area contributed by atoms with Crippen LogP contribution in [0.4, 0.5) is 0 Å². The first-order chi connectivity index (χ1) is 12.2. The van der Waals surface area contributed by atoms with Crippen molar-refractivity contribution < 1.29 is 0 Å². The van der Waals surface area contributed by atoms with Crippen LogP contribution in [0.15, 0.2) is 41.7 Å². The highest BCUT2D eigenvalue weighted by Crippen LogP contribution is 2.22. The lowest BCUT2D eigenvalue weighted by Gasteiger charge is -2.08. The lowest BCUT2D eigenvalue weighted by molar-refractivity contribution is 0.664. The van der Waals surface area contributed by atoms with Crippen LogP contribution in [-0.4, -0.2) is 45.7 Å². The minimum atomic E-state index is 0.744. The Morgan fingerprint density at radius 2 is 2.04 bits per heavy atom. The number of aromatic nitrogens is 8. The Morgan fingerprint density at radius 3 is 2.88 bits per heavy atom. The normalized spacial score (nSPS) is 11.3. The smallest absolute Gasteiger partial charge is 0.209 e. The molecule has 0 aliphatic rings. The molecule has 4 rings (SSSR count). The topological polar surface area (TPSA) is 87.2 Å². The van der Waals surface area contributed by atoms with Gasteiger partial charge in [-0.15, -0.1) is 5.10 Å². The summed E-state index contributed by atoms with van der Waals surface area (Å²) < 4.78 is 3.55. The van der Waals surface area contributed by atoms with Crippen LogP contribution in [0.25, 0.3) is 16.6 Å². The third-order valence-corrected chi connectivity index (χ3v) is 4.77. The molecule has 3 aromatic heterocycles. The van der Waals surface area contributed by atoms with Crippen LogP contribution in [0.2, 0.25) is 0 Å². The summed E-state index contributed by atoms with van der Waals surface area (Å²) in [6, 6.07) is 10.1. The number of thioether (sulfide) groups is 1. The van der Waals surface area contributed by atoms with Crippen molar-refractivity contribution in [2.24, 2.45) is 7.05 Å². The van der Waals surface area contributed by atoms with Gasteiger partial charge in [0, 0.05) is 30.8 Å². The predicted molar refractivity (Wildman–Crippen MR) is 94.6 cm³/mol. The van der Waals surface area contributed by atoms with Crippen LogP contribution >= 0.6 is 11.8 Å². The van der Waals surface area contributed by atoms with E-state index in [1.54, 1.807) is 22.6 Å². The molecule has 1 aromatic carbocycles. The Hall–Kier alpha value is -2.81. The van der Waals surface area contributed by atoms with Crippen molar-refractivity contribution in [3.05, 3.63) is 48.2 Å². The van der Waals surface area contributed by atoms with Crippen LogP contribution in [0.5, 0.6) is 0 Å². The molecule has 0 saturated carbocycles. The van der Waals surface area contributed by atoms with Crippen LogP contribution < -0.4 is 0 Å². The molecule has 0 spiro atoms. The van der Waals surface area contributed by atoms with Gasteiger partial charge in [-0.2, -0.15) is 5.10 Å². The maximum atomic E-state index is 4.59. The van der Waals surface area contributed by atoms with Crippen molar-refractivity contribution in [1.82, 2.24) is 40.0 Å². The maximum Gasteiger partial charge on any atom is 0.209 e. The molecule has 126 valence electrons. The number of aryl methyl sites for hydroxylation is 3. The average Bonchev–Trinajstić information content (AvgIpc) is 3.20. The second-order valence-corrected chi connectivity index (χ2v) is 6.58. The van der Waals surface area contributed by atoms with Gasteiger partial charge in [-0.1, -0.05) is 30.0 Å². The third-order valence-electron chi connectivity index (χ3n) is 3.76. The van der Waals surface area contributed by atoms with Gasteiger partial charge >= 0.3 is 0 Å². The summed E-state index contributed by atoms with van der Waals surface area (Å²) in [5.74, 6) is 2.46. The summed E-state index contributed by atoms with van der Waals surface area (Å²) in [5.41, 5.74) is 1.86. The number of nitrogens with zero attached hydrogens (tertiary/aromatic N) is 8. The van der Waals surface area contributed by atoms with Gasteiger partial charge in [0.15, 0.2) is 0 Å². The first kappa shape index (κ1) is 15.7. The summed E-state index contributed by atoms with van der Waals surface area (Å²) in [5, 5.41) is 17.9. The Kier molecular flexibility index (Phi) is 4.14. The predicted octanol–water partition coefficient (Wildman–Crippen LogP) is 1.98. The zero-order valence-corrected chi connectivity index (χ0v) is 14.7. The molecular weight excluding hydrogens is 336 g/mol. The third kappa shape index (κ3) is 3.10. The van der Waals surface area contributed by atoms with Gasteiger partial charge in [0.05, 0.1) is 11.2 Å². The highest BCUT2D eigenvalue weighted by Gasteiger charge is 2.13. The van der Waals surface area contributed by atoms with Gasteiger partial charge in [0.1, 0.15) is 11.6 Å². The van der Waals surface area contributed by atoms with Crippen LogP contribution in [0, 0.1) is 6.92 Å². The lowest BCUT2D eigenvalue weighted by atomic mass is 10.2. The van der Waals surface area contributed by atoms with E-state index in [2.05, 4.69) is 30.6 Å². The van der Waals surface area contributed by atoms with Crippen molar-refractivity contribution in [2.45, 2.75) is 18.5 Å². The number of para-hydroxylation sites is 1. The van der Waals surface area contributed by atoms with E-state index in [-0.39, 0.29) is 0 Å². The summed E-state index contributed by atoms with van der Waals surface area (Å²) in [7, 11) is 1.83. The van der Waals surface area contributed by atoms with E-state index in [0.717, 1.165) is 45.6 Å². The molecule has 0 amide bonds. The summed E-state index contributed by atoms with van der Waals surface area (Å²) in [6.45, 7) is 1.90. The maximum absolute atomic E-state index is 4.59. The van der Waals surface area contributed by atoms with Crippen LogP contribution in [0.3, 0.4) is 0 Å². The van der Waals surface area contributed by atoms with Crippen molar-refractivity contribution in [3.8, 4) is 5.69 Å². The largest absolute Gasteiger partial charge is 0.254 e. The molecule has 0 N–H and O–H groups in total. The average molecular weight is 352 g/mol. The van der Waals surface area contributed by atoms with Crippen molar-refractivity contribution in [2.75, 3.05) is 5.75 Å². The minimum absolute atomic E-state index is 0.744. The summed E-state index contributed by atoms with van der Waals surface area (Å²) >= 11 is 1.60. The number of tetrazole rings is 1. The molecule has 0 radical (unpaired) electrons. The van der Waals surface area contributed by atoms with Gasteiger partial charge in [-0.25, -0.2) is 14.3 Å². The fraction of sp³-hybridized carbons (Fsp3) is 0.250. The lowest BCUT2D eigenvalue weighted by Crippen LogP contribution is -2.06. The van der Waals surface area contributed by atoms with Gasteiger partial charge in [0.2, 0.25) is 5.16 Å². The standard InChI is InChI=1S/C16H16N8S/c1-11-18-14(8-10-25-16-19-21-22-23(16)2)24(20-11)13-7-3-5-12-6-4-9-17-15(12)13/h3-7,9H,8,10H2,1-2H3. The van der Waals surface area contributed by atoms with Gasteiger partial charge < -0.3 is 0 Å². The quantitative estimate of drug-likeness (QED) is 0.508. The molecule has 0 unspecified atom stereocenters. The molecule has 4 aromatic rings. The molecule has 0 bridgehead atoms. The minimum Gasteiger partial charge on any atom is -0.254 e. The molecule has 0 aliphatic heterocycles. The SMILES string of the molecule is Cc1nc(CCSc2nnnn2C)n(-c2cccc3cccnc23)n1. The number of rotatable bonds is 5. The first-order valence-electron chi connectivity index (χ1n) is 7.84. The fourth-order valence-corrected chi connectivity index (χ4v) is 3.43. The number of hydrogen-bond donors (Lipinski definition) is 0. The molecule has 3 heterocycles. The Balaban J connectivity index is 1.63. The van der Waals surface area contributed by atoms with Gasteiger partial charge in [0.25, 0.3) is 0 Å². The highest BCUT2D eigenvalue weighted by molar-refractivity contribution is 7.99. The molecule has 0 aliphatic carbocycles. The van der Waals surface area contributed by atoms with Crippen molar-refractivity contribution in [1.29, 1.82) is 0 Å². The van der Waals surface area contributed by atoms with E-state index in [1.807, 2.05) is 49.0 Å². The van der Waals surface area contributed by atoms with Gasteiger partial charge in [-0.3, -0.25) is 4.98 Å². The molecular formula is C16H16N8S. The summed E-state index contributed by atoms with van der Waals surface area (Å²) in [6.07, 6.45) is 2.55. The number of benzene rings is 1. The van der Waals surface area contributed by atoms with E-state index < -0.39 is 0 Å². The Labute approximate surface area is 148 Å². The number of hydrogen-bond acceptors (Lipinski definition) is 7. The molecule has 25 heavy (non-hydrogen) atoms. The molecule has 0 saturated heterocycles. The zero-order valence-electron chi connectivity index (χ0n) is 13.9. The second-order valence-electron chi connectivity index (χ2n) is 5.52. The van der Waals surface area contributed by atoms with E-state index in [0.29, 0.717) is 0 Å². The Bertz CT molecular complexity index is 1020. The van der Waals surface area contributed by atoms with Crippen LogP contribution in [-0.2, 0) is 13.5 Å². The fourth-order valence-electron chi connectivity index (χ4n) is 2.65. The summed E-state index contributed by atoms with van der Waals surface area (Å²) in [4.78, 5) is 9.10. The number of fused-ring (bicyclic) bond motifs is 1. The molecule has 8 nitrogen and oxygen atoms in total. The van der Waals surface area contributed by atoms with E-state index in [9.17, 15) is 0 Å². The zero-order chi connectivity index (χ0) is 17.2. The molecule has 0 atom stereocenters. The van der Waals surface area contributed by atoms with E-state index in [4.69, 9.17) is 0 Å². The van der Waals surface area contributed by atoms with Crippen LogP contribution in [0.1, 0.15) is 11.6 Å². The van der Waals surface area contributed by atoms with E-state index in [1.165, 1.54) is 0 Å². The molecule has 9 heteroatoms. The highest BCUT2D eigenvalue weighted by atomic mass is 32.2. The van der Waals surface area contributed by atoms with E-state index >= 15 is 0 Å². The van der Waals surface area contributed by atoms with Crippen molar-refractivity contribution in [3.63, 3.8) is 0 Å². The monoisotopic (exact) mass is 352 g/mol. The molecule has 0 fully saturated rings.